The molecule has 30 heavy (non-hydrogen) atoms. The number of hydrogen-bond acceptors (Lipinski definition) is 6. The first-order valence-electron chi connectivity index (χ1n) is 10.0. The molecule has 0 saturated carbocycles. The minimum absolute atomic E-state index is 0.316. The van der Waals surface area contributed by atoms with Gasteiger partial charge in [-0.05, 0) is 19.1 Å². The van der Waals surface area contributed by atoms with Crippen LogP contribution in [0.1, 0.15) is 11.5 Å². The van der Waals surface area contributed by atoms with Crippen LogP contribution >= 0.6 is 0 Å². The molecule has 0 radical (unpaired) electrons. The van der Waals surface area contributed by atoms with Gasteiger partial charge < -0.3 is 13.7 Å². The summed E-state index contributed by atoms with van der Waals surface area (Å²) < 4.78 is 17.4. The average molecular weight is 412 g/mol. The Hall–Kier alpha value is -3.11. The summed E-state index contributed by atoms with van der Waals surface area (Å²) in [5.74, 6) is 1.40. The SMILES string of the molecule is Cc1cn2c3c(=O)n(CCN4CCOCC4)c(=O)n(C)c3nc2n1Cc1ccco1. The molecule has 4 aromatic rings. The second-order valence-electron chi connectivity index (χ2n) is 7.64. The van der Waals surface area contributed by atoms with E-state index < -0.39 is 0 Å². The molecule has 0 spiro atoms. The molecule has 1 aliphatic heterocycles. The molecule has 0 atom stereocenters. The van der Waals surface area contributed by atoms with E-state index in [4.69, 9.17) is 9.15 Å². The summed E-state index contributed by atoms with van der Waals surface area (Å²) in [6.45, 7) is 6.40. The Morgan fingerprint density at radius 3 is 2.67 bits per heavy atom. The summed E-state index contributed by atoms with van der Waals surface area (Å²) in [7, 11) is 1.66. The zero-order valence-corrected chi connectivity index (χ0v) is 17.1. The maximum Gasteiger partial charge on any atom is 0.332 e. The first-order valence-corrected chi connectivity index (χ1v) is 10.0. The summed E-state index contributed by atoms with van der Waals surface area (Å²) in [6.07, 6.45) is 3.51. The molecule has 0 unspecified atom stereocenters. The lowest BCUT2D eigenvalue weighted by Crippen LogP contribution is -2.44. The number of aryl methyl sites for hydroxylation is 2. The predicted molar refractivity (Wildman–Crippen MR) is 110 cm³/mol. The van der Waals surface area contributed by atoms with Gasteiger partial charge in [-0.25, -0.2) is 4.79 Å². The molecule has 0 amide bonds. The third-order valence-corrected chi connectivity index (χ3v) is 5.78. The quantitative estimate of drug-likeness (QED) is 0.472. The monoisotopic (exact) mass is 412 g/mol. The van der Waals surface area contributed by atoms with Crippen LogP contribution in [0, 0.1) is 6.92 Å². The predicted octanol–water partition coefficient (Wildman–Crippen LogP) is 0.431. The maximum atomic E-state index is 13.3. The van der Waals surface area contributed by atoms with Crippen molar-refractivity contribution in [1.29, 1.82) is 0 Å². The second-order valence-corrected chi connectivity index (χ2v) is 7.64. The van der Waals surface area contributed by atoms with Crippen LogP contribution in [-0.4, -0.2) is 60.8 Å². The van der Waals surface area contributed by atoms with E-state index in [0.29, 0.717) is 49.8 Å². The van der Waals surface area contributed by atoms with Crippen LogP contribution in [0.25, 0.3) is 16.9 Å². The average Bonchev–Trinajstić information content (AvgIpc) is 3.45. The smallest absolute Gasteiger partial charge is 0.332 e. The van der Waals surface area contributed by atoms with Crippen LogP contribution in [0.5, 0.6) is 0 Å². The fourth-order valence-electron chi connectivity index (χ4n) is 4.07. The molecule has 0 bridgehead atoms. The van der Waals surface area contributed by atoms with E-state index in [1.165, 1.54) is 9.13 Å². The van der Waals surface area contributed by atoms with Gasteiger partial charge in [-0.2, -0.15) is 4.98 Å². The number of rotatable bonds is 5. The summed E-state index contributed by atoms with van der Waals surface area (Å²) in [4.78, 5) is 33.0. The lowest BCUT2D eigenvalue weighted by Gasteiger charge is -2.26. The molecular weight excluding hydrogens is 388 g/mol. The molecule has 10 heteroatoms. The first kappa shape index (κ1) is 18.9. The standard InChI is InChI=1S/C20H24N6O4/c1-14-12-26-16-17(21-19(26)25(14)13-15-4-3-9-30-15)22(2)20(28)24(18(16)27)6-5-23-7-10-29-11-8-23/h3-4,9,12H,5-8,10-11,13H2,1-2H3. The van der Waals surface area contributed by atoms with Gasteiger partial charge in [-0.15, -0.1) is 0 Å². The third kappa shape index (κ3) is 2.99. The van der Waals surface area contributed by atoms with Crippen molar-refractivity contribution in [3.63, 3.8) is 0 Å². The minimum atomic E-state index is -0.351. The van der Waals surface area contributed by atoms with E-state index in [-0.39, 0.29) is 11.2 Å². The van der Waals surface area contributed by atoms with Crippen molar-refractivity contribution in [3.8, 4) is 0 Å². The number of imidazole rings is 2. The Balaban J connectivity index is 1.60. The third-order valence-electron chi connectivity index (χ3n) is 5.78. The van der Waals surface area contributed by atoms with E-state index in [1.54, 1.807) is 17.7 Å². The zero-order chi connectivity index (χ0) is 20.8. The van der Waals surface area contributed by atoms with Gasteiger partial charge in [-0.1, -0.05) is 0 Å². The minimum Gasteiger partial charge on any atom is -0.467 e. The van der Waals surface area contributed by atoms with Crippen molar-refractivity contribution < 1.29 is 9.15 Å². The van der Waals surface area contributed by atoms with Crippen LogP contribution in [-0.2, 0) is 24.9 Å². The van der Waals surface area contributed by atoms with Crippen molar-refractivity contribution in [2.45, 2.75) is 20.0 Å². The summed E-state index contributed by atoms with van der Waals surface area (Å²) in [5.41, 5.74) is 1.08. The molecule has 5 rings (SSSR count). The lowest BCUT2D eigenvalue weighted by atomic mass is 10.4. The molecule has 4 aromatic heterocycles. The van der Waals surface area contributed by atoms with Crippen LogP contribution < -0.4 is 11.2 Å². The topological polar surface area (TPSA) is 91.8 Å². The molecule has 10 nitrogen and oxygen atoms in total. The van der Waals surface area contributed by atoms with Gasteiger partial charge in [0, 0.05) is 45.1 Å². The fraction of sp³-hybridized carbons (Fsp3) is 0.450. The molecule has 5 heterocycles. The van der Waals surface area contributed by atoms with E-state index in [9.17, 15) is 9.59 Å². The zero-order valence-electron chi connectivity index (χ0n) is 17.1. The lowest BCUT2D eigenvalue weighted by molar-refractivity contribution is 0.0361. The Morgan fingerprint density at radius 1 is 1.13 bits per heavy atom. The van der Waals surface area contributed by atoms with Crippen molar-refractivity contribution in [2.24, 2.45) is 7.05 Å². The van der Waals surface area contributed by atoms with Gasteiger partial charge in [-0.3, -0.25) is 23.2 Å². The number of hydrogen-bond donors (Lipinski definition) is 0. The van der Waals surface area contributed by atoms with Gasteiger partial charge >= 0.3 is 5.69 Å². The Labute approximate surface area is 171 Å². The van der Waals surface area contributed by atoms with Gasteiger partial charge in [0.1, 0.15) is 5.76 Å². The fourth-order valence-corrected chi connectivity index (χ4v) is 4.07. The van der Waals surface area contributed by atoms with E-state index in [1.807, 2.05) is 29.8 Å². The summed E-state index contributed by atoms with van der Waals surface area (Å²) in [6, 6.07) is 3.73. The van der Waals surface area contributed by atoms with Gasteiger partial charge in [0.2, 0.25) is 5.78 Å². The molecular formula is C20H24N6O4. The van der Waals surface area contributed by atoms with E-state index >= 15 is 0 Å². The molecule has 0 aromatic carbocycles. The normalized spacial score (nSPS) is 15.5. The molecule has 1 fully saturated rings. The Bertz CT molecular complexity index is 1320. The summed E-state index contributed by atoms with van der Waals surface area (Å²) in [5, 5.41) is 0. The number of aromatic nitrogens is 5. The second kappa shape index (κ2) is 7.29. The van der Waals surface area contributed by atoms with Gasteiger partial charge in [0.25, 0.3) is 5.56 Å². The molecule has 0 N–H and O–H groups in total. The van der Waals surface area contributed by atoms with Crippen LogP contribution in [0.15, 0.2) is 38.6 Å². The highest BCUT2D eigenvalue weighted by Crippen LogP contribution is 2.18. The van der Waals surface area contributed by atoms with Gasteiger partial charge in [0.15, 0.2) is 11.2 Å². The number of nitrogens with zero attached hydrogens (tertiary/aromatic N) is 6. The first-order chi connectivity index (χ1) is 14.5. The Morgan fingerprint density at radius 2 is 1.93 bits per heavy atom. The number of ether oxygens (including phenoxy) is 1. The van der Waals surface area contributed by atoms with E-state index in [0.717, 1.165) is 24.5 Å². The highest BCUT2D eigenvalue weighted by atomic mass is 16.5. The molecule has 1 saturated heterocycles. The molecule has 1 aliphatic rings. The Kier molecular flexibility index (Phi) is 4.59. The van der Waals surface area contributed by atoms with Gasteiger partial charge in [0.05, 0.1) is 26.0 Å². The molecule has 158 valence electrons. The summed E-state index contributed by atoms with van der Waals surface area (Å²) >= 11 is 0. The number of morpholine rings is 1. The number of fused-ring (bicyclic) bond motifs is 3. The van der Waals surface area contributed by atoms with Crippen LogP contribution in [0.4, 0.5) is 0 Å². The van der Waals surface area contributed by atoms with Crippen molar-refractivity contribution in [2.75, 3.05) is 32.8 Å². The van der Waals surface area contributed by atoms with Crippen molar-refractivity contribution >= 4 is 16.9 Å². The van der Waals surface area contributed by atoms with Crippen molar-refractivity contribution in [3.05, 3.63) is 56.9 Å². The van der Waals surface area contributed by atoms with Crippen LogP contribution in [0.2, 0.25) is 0 Å². The highest BCUT2D eigenvalue weighted by Gasteiger charge is 2.21. The maximum absolute atomic E-state index is 13.3. The van der Waals surface area contributed by atoms with Crippen LogP contribution in [0.3, 0.4) is 0 Å². The molecule has 0 aliphatic carbocycles. The largest absolute Gasteiger partial charge is 0.467 e. The number of furan rings is 1. The van der Waals surface area contributed by atoms with Crippen molar-refractivity contribution in [1.82, 2.24) is 28.0 Å². The highest BCUT2D eigenvalue weighted by molar-refractivity contribution is 5.75. The van der Waals surface area contributed by atoms with E-state index in [2.05, 4.69) is 9.88 Å².